The molecule has 0 spiro atoms. The Morgan fingerprint density at radius 1 is 1.57 bits per heavy atom. The minimum Gasteiger partial charge on any atom is -0.391 e. The van der Waals surface area contributed by atoms with E-state index < -0.39 is 6.29 Å². The number of methoxy groups -OCH3 is 1. The lowest BCUT2D eigenvalue weighted by molar-refractivity contribution is -0.0494. The molecule has 0 bridgehead atoms. The summed E-state index contributed by atoms with van der Waals surface area (Å²) in [5.41, 5.74) is 1.64. The smallest absolute Gasteiger partial charge is 0.180 e. The average Bonchev–Trinajstić information content (AvgIpc) is 2.17. The minimum absolute atomic E-state index is 0.0325. The first-order valence-electron chi connectivity index (χ1n) is 4.47. The van der Waals surface area contributed by atoms with Crippen LogP contribution in [0.5, 0.6) is 0 Å². The summed E-state index contributed by atoms with van der Waals surface area (Å²) >= 11 is 5.56. The lowest BCUT2D eigenvalue weighted by Gasteiger charge is -2.23. The van der Waals surface area contributed by atoms with Crippen LogP contribution in [-0.4, -0.2) is 37.6 Å². The molecule has 0 aromatic carbocycles. The maximum Gasteiger partial charge on any atom is 0.180 e. The highest BCUT2D eigenvalue weighted by molar-refractivity contribution is 6.17. The number of aliphatic hydroxyl groups is 1. The summed E-state index contributed by atoms with van der Waals surface area (Å²) in [7, 11) is 3.26. The Bertz CT molecular complexity index is 197. The van der Waals surface area contributed by atoms with Crippen LogP contribution in [0.25, 0.3) is 0 Å². The molecule has 5 heteroatoms. The molecule has 14 heavy (non-hydrogen) atoms. The van der Waals surface area contributed by atoms with Gasteiger partial charge in [0.25, 0.3) is 0 Å². The summed E-state index contributed by atoms with van der Waals surface area (Å²) in [5.74, 6) is 0. The Hall–Kier alpha value is -0.290. The van der Waals surface area contributed by atoms with E-state index in [1.165, 1.54) is 7.11 Å². The predicted octanol–water partition coefficient (Wildman–Crippen LogP) is 0.619. The third-order valence-corrected chi connectivity index (χ3v) is 2.30. The van der Waals surface area contributed by atoms with Crippen LogP contribution in [0.2, 0.25) is 0 Å². The van der Waals surface area contributed by atoms with Crippen molar-refractivity contribution in [3.05, 3.63) is 11.3 Å². The highest BCUT2D eigenvalue weighted by Crippen LogP contribution is 2.12. The van der Waals surface area contributed by atoms with Crippen LogP contribution in [0.4, 0.5) is 0 Å². The van der Waals surface area contributed by atoms with E-state index in [2.05, 4.69) is 10.6 Å². The fourth-order valence-electron chi connectivity index (χ4n) is 1.22. The van der Waals surface area contributed by atoms with E-state index in [4.69, 9.17) is 16.3 Å². The van der Waals surface area contributed by atoms with E-state index in [1.54, 1.807) is 7.05 Å². The van der Waals surface area contributed by atoms with Gasteiger partial charge >= 0.3 is 0 Å². The molecule has 0 rings (SSSR count). The van der Waals surface area contributed by atoms with E-state index in [-0.39, 0.29) is 6.04 Å². The maximum atomic E-state index is 9.61. The van der Waals surface area contributed by atoms with Gasteiger partial charge in [-0.15, -0.1) is 11.6 Å². The van der Waals surface area contributed by atoms with Crippen molar-refractivity contribution in [2.24, 2.45) is 0 Å². The molecule has 0 aliphatic heterocycles. The van der Waals surface area contributed by atoms with Crippen LogP contribution >= 0.6 is 11.6 Å². The molecule has 4 nitrogen and oxygen atoms in total. The molecule has 0 aromatic rings. The number of alkyl halides is 1. The highest BCUT2D eigenvalue weighted by Gasteiger charge is 2.18. The number of hydrogen-bond donors (Lipinski definition) is 3. The van der Waals surface area contributed by atoms with Crippen LogP contribution in [0, 0.1) is 0 Å². The van der Waals surface area contributed by atoms with Crippen molar-refractivity contribution in [1.82, 2.24) is 10.6 Å². The van der Waals surface area contributed by atoms with Crippen molar-refractivity contribution < 1.29 is 9.84 Å². The molecular formula is C9H19ClN2O2. The monoisotopic (exact) mass is 222 g/mol. The quantitative estimate of drug-likeness (QED) is 0.350. The van der Waals surface area contributed by atoms with Gasteiger partial charge in [0.1, 0.15) is 0 Å². The van der Waals surface area contributed by atoms with Gasteiger partial charge < -0.3 is 15.2 Å². The molecule has 0 radical (unpaired) electrons. The summed E-state index contributed by atoms with van der Waals surface area (Å²) in [5, 5.41) is 15.6. The number of hydrogen-bond acceptors (Lipinski definition) is 4. The summed E-state index contributed by atoms with van der Waals surface area (Å²) in [6.07, 6.45) is -0.909. The number of aliphatic hydroxyl groups excluding tert-OH is 1. The molecular weight excluding hydrogens is 204 g/mol. The fraction of sp³-hybridized carbons (Fsp3) is 0.778. The van der Waals surface area contributed by atoms with Gasteiger partial charge in [0.15, 0.2) is 6.29 Å². The summed E-state index contributed by atoms with van der Waals surface area (Å²) in [6.45, 7) is 3.80. The Morgan fingerprint density at radius 2 is 2.14 bits per heavy atom. The molecule has 0 aliphatic rings. The van der Waals surface area contributed by atoms with E-state index in [0.29, 0.717) is 6.00 Å². The Labute approximate surface area is 90.3 Å². The van der Waals surface area contributed by atoms with Gasteiger partial charge in [0, 0.05) is 31.5 Å². The van der Waals surface area contributed by atoms with Crippen molar-refractivity contribution in [1.29, 1.82) is 0 Å². The van der Waals surface area contributed by atoms with Crippen molar-refractivity contribution in [3.63, 3.8) is 0 Å². The standard InChI is InChI=1S/C9H19ClN2O2/c1-6(11-3)8(9(13)14-4)7(2)12-5-10/h7,9,11-13H,5H2,1-4H3/b8-6+. The van der Waals surface area contributed by atoms with E-state index in [0.717, 1.165) is 11.3 Å². The van der Waals surface area contributed by atoms with Crippen molar-refractivity contribution in [3.8, 4) is 0 Å². The second-order valence-electron chi connectivity index (χ2n) is 2.98. The van der Waals surface area contributed by atoms with Gasteiger partial charge in [-0.25, -0.2) is 0 Å². The van der Waals surface area contributed by atoms with Crippen molar-refractivity contribution >= 4 is 11.6 Å². The number of ether oxygens (including phenoxy) is 1. The Morgan fingerprint density at radius 3 is 2.50 bits per heavy atom. The molecule has 0 saturated heterocycles. The lowest BCUT2D eigenvalue weighted by atomic mass is 10.1. The number of nitrogens with one attached hydrogen (secondary N) is 2. The van der Waals surface area contributed by atoms with E-state index in [1.807, 2.05) is 13.8 Å². The first-order valence-corrected chi connectivity index (χ1v) is 5.00. The molecule has 2 atom stereocenters. The molecule has 0 amide bonds. The SMILES string of the molecule is CN/C(C)=C(\C(C)NCCl)C(O)OC. The zero-order chi connectivity index (χ0) is 11.1. The van der Waals surface area contributed by atoms with Gasteiger partial charge in [0.2, 0.25) is 0 Å². The van der Waals surface area contributed by atoms with Gasteiger partial charge in [-0.2, -0.15) is 0 Å². The van der Waals surface area contributed by atoms with Gasteiger partial charge in [-0.05, 0) is 13.8 Å². The molecule has 0 heterocycles. The van der Waals surface area contributed by atoms with Crippen molar-refractivity contribution in [2.75, 3.05) is 20.2 Å². The maximum absolute atomic E-state index is 9.61. The van der Waals surface area contributed by atoms with Crippen LogP contribution in [0.15, 0.2) is 11.3 Å². The zero-order valence-corrected chi connectivity index (χ0v) is 9.85. The topological polar surface area (TPSA) is 53.5 Å². The normalized spacial score (nSPS) is 17.3. The van der Waals surface area contributed by atoms with Crippen LogP contribution in [0.1, 0.15) is 13.8 Å². The number of allylic oxidation sites excluding steroid dienone is 1. The number of rotatable bonds is 6. The fourth-order valence-corrected chi connectivity index (χ4v) is 1.45. The molecule has 0 fully saturated rings. The zero-order valence-electron chi connectivity index (χ0n) is 9.10. The first kappa shape index (κ1) is 13.7. The van der Waals surface area contributed by atoms with Crippen LogP contribution in [-0.2, 0) is 4.74 Å². The van der Waals surface area contributed by atoms with Gasteiger partial charge in [-0.3, -0.25) is 5.32 Å². The summed E-state index contributed by atoms with van der Waals surface area (Å²) < 4.78 is 4.88. The van der Waals surface area contributed by atoms with Crippen LogP contribution < -0.4 is 10.6 Å². The molecule has 2 unspecified atom stereocenters. The highest BCUT2D eigenvalue weighted by atomic mass is 35.5. The predicted molar refractivity (Wildman–Crippen MR) is 58.1 cm³/mol. The number of halogens is 1. The molecule has 0 aromatic heterocycles. The molecule has 3 N–H and O–H groups in total. The van der Waals surface area contributed by atoms with Gasteiger partial charge in [-0.1, -0.05) is 0 Å². The summed E-state index contributed by atoms with van der Waals surface area (Å²) in [6, 6.07) is 0.299. The lowest BCUT2D eigenvalue weighted by Crippen LogP contribution is -2.35. The second kappa shape index (κ2) is 7.06. The van der Waals surface area contributed by atoms with E-state index in [9.17, 15) is 5.11 Å². The first-order chi connectivity index (χ1) is 6.58. The van der Waals surface area contributed by atoms with Crippen LogP contribution in [0.3, 0.4) is 0 Å². The Kier molecular flexibility index (Phi) is 6.92. The Balaban J connectivity index is 4.72. The average molecular weight is 223 g/mol. The molecule has 0 aliphatic carbocycles. The van der Waals surface area contributed by atoms with Crippen molar-refractivity contribution in [2.45, 2.75) is 26.2 Å². The van der Waals surface area contributed by atoms with E-state index >= 15 is 0 Å². The third-order valence-electron chi connectivity index (χ3n) is 2.15. The minimum atomic E-state index is -0.909. The third kappa shape index (κ3) is 3.84. The largest absolute Gasteiger partial charge is 0.391 e. The summed E-state index contributed by atoms with van der Waals surface area (Å²) in [4.78, 5) is 0. The van der Waals surface area contributed by atoms with Gasteiger partial charge in [0.05, 0.1) is 6.00 Å². The second-order valence-corrected chi connectivity index (χ2v) is 3.25. The molecule has 0 saturated carbocycles. The molecule has 84 valence electrons.